The number of rotatable bonds is 8. The van der Waals surface area contributed by atoms with Crippen LogP contribution in [0.25, 0.3) is 6.08 Å². The van der Waals surface area contributed by atoms with Gasteiger partial charge in [0.25, 0.3) is 5.91 Å². The number of ether oxygens (including phenoxy) is 2. The zero-order valence-corrected chi connectivity index (χ0v) is 21.5. The van der Waals surface area contributed by atoms with Gasteiger partial charge < -0.3 is 14.6 Å². The largest absolute Gasteiger partial charge is 0.490 e. The number of carboxylic acids is 1. The summed E-state index contributed by atoms with van der Waals surface area (Å²) in [5, 5.41) is 9.89. The fourth-order valence-corrected chi connectivity index (χ4v) is 4.74. The van der Waals surface area contributed by atoms with Crippen molar-refractivity contribution in [3.05, 3.63) is 93.1 Å². The van der Waals surface area contributed by atoms with Crippen LogP contribution in [-0.4, -0.2) is 40.7 Å². The van der Waals surface area contributed by atoms with Gasteiger partial charge in [0.2, 0.25) is 0 Å². The highest BCUT2D eigenvalue weighted by Gasteiger charge is 2.30. The molecule has 0 atom stereocenters. The van der Waals surface area contributed by atoms with Gasteiger partial charge in [-0.25, -0.2) is 14.2 Å². The molecule has 7 nitrogen and oxygen atoms in total. The summed E-state index contributed by atoms with van der Waals surface area (Å²) in [6.45, 7) is 2.28. The molecular weight excluding hydrogens is 519 g/mol. The van der Waals surface area contributed by atoms with Gasteiger partial charge >= 0.3 is 5.97 Å². The van der Waals surface area contributed by atoms with Crippen LogP contribution in [0.4, 0.5) is 10.1 Å². The van der Waals surface area contributed by atoms with Crippen molar-refractivity contribution in [2.24, 2.45) is 4.99 Å². The molecule has 1 heterocycles. The lowest BCUT2D eigenvalue weighted by Crippen LogP contribution is -2.23. The predicted octanol–water partition coefficient (Wildman–Crippen LogP) is 6.39. The molecule has 0 spiro atoms. The van der Waals surface area contributed by atoms with Crippen molar-refractivity contribution in [3.8, 4) is 11.5 Å². The topological polar surface area (TPSA) is 88.4 Å². The first-order valence-corrected chi connectivity index (χ1v) is 12.4. The van der Waals surface area contributed by atoms with E-state index in [2.05, 4.69) is 4.99 Å². The van der Waals surface area contributed by atoms with Crippen LogP contribution in [0.3, 0.4) is 0 Å². The Hall–Kier alpha value is -3.82. The normalized spacial score (nSPS) is 15.5. The number of amidine groups is 1. The van der Waals surface area contributed by atoms with Gasteiger partial charge in [-0.1, -0.05) is 29.8 Å². The van der Waals surface area contributed by atoms with Gasteiger partial charge in [0, 0.05) is 7.05 Å². The minimum atomic E-state index is -1.06. The number of hydrogen-bond donors (Lipinski definition) is 1. The Balaban J connectivity index is 1.59. The van der Waals surface area contributed by atoms with Crippen LogP contribution in [0.5, 0.6) is 11.5 Å². The maximum absolute atomic E-state index is 13.5. The van der Waals surface area contributed by atoms with E-state index in [4.69, 9.17) is 21.1 Å². The zero-order valence-electron chi connectivity index (χ0n) is 19.9. The number of likely N-dealkylation sites (N-methyl/N-ethyl adjacent to an activating group) is 1. The van der Waals surface area contributed by atoms with Crippen molar-refractivity contribution in [2.75, 3.05) is 13.7 Å². The first-order chi connectivity index (χ1) is 17.7. The van der Waals surface area contributed by atoms with Gasteiger partial charge in [-0.15, -0.1) is 0 Å². The van der Waals surface area contributed by atoms with E-state index in [1.807, 2.05) is 6.92 Å². The summed E-state index contributed by atoms with van der Waals surface area (Å²) in [5.41, 5.74) is 1.78. The van der Waals surface area contributed by atoms with E-state index in [1.165, 1.54) is 29.2 Å². The van der Waals surface area contributed by atoms with E-state index in [9.17, 15) is 19.1 Å². The lowest BCUT2D eigenvalue weighted by Gasteiger charge is -2.15. The van der Waals surface area contributed by atoms with Gasteiger partial charge in [-0.3, -0.25) is 9.69 Å². The van der Waals surface area contributed by atoms with Crippen LogP contribution in [0.15, 0.2) is 70.6 Å². The number of amides is 1. The summed E-state index contributed by atoms with van der Waals surface area (Å²) in [6.07, 6.45) is 1.67. The molecular formula is C27H22ClFN2O5S. The molecule has 0 aliphatic carbocycles. The molecule has 3 aromatic rings. The second-order valence-electron chi connectivity index (χ2n) is 7.91. The number of carbonyl (C=O) groups is 2. The third kappa shape index (κ3) is 6.31. The number of carbonyl (C=O) groups excluding carboxylic acids is 1. The molecule has 3 aromatic carbocycles. The fourth-order valence-electron chi connectivity index (χ4n) is 3.48. The molecule has 1 aliphatic rings. The Morgan fingerprint density at radius 1 is 1.16 bits per heavy atom. The van der Waals surface area contributed by atoms with Crippen molar-refractivity contribution in [1.82, 2.24) is 4.90 Å². The van der Waals surface area contributed by atoms with E-state index in [0.717, 1.165) is 11.8 Å². The lowest BCUT2D eigenvalue weighted by molar-refractivity contribution is -0.121. The van der Waals surface area contributed by atoms with Crippen molar-refractivity contribution in [3.63, 3.8) is 0 Å². The summed E-state index contributed by atoms with van der Waals surface area (Å²) >= 11 is 7.67. The van der Waals surface area contributed by atoms with E-state index in [1.54, 1.807) is 49.5 Å². The second-order valence-corrected chi connectivity index (χ2v) is 9.32. The Morgan fingerprint density at radius 3 is 2.68 bits per heavy atom. The number of thioether (sulfide) groups is 1. The third-order valence-electron chi connectivity index (χ3n) is 5.22. The van der Waals surface area contributed by atoms with E-state index in [-0.39, 0.29) is 28.9 Å². The number of aliphatic imine (C=N–C) groups is 1. The Kier molecular flexibility index (Phi) is 8.15. The van der Waals surface area contributed by atoms with Crippen LogP contribution in [0.1, 0.15) is 28.4 Å². The predicted molar refractivity (Wildman–Crippen MR) is 142 cm³/mol. The lowest BCUT2D eigenvalue weighted by atomic mass is 10.1. The third-order valence-corrected chi connectivity index (χ3v) is 6.56. The molecule has 1 saturated heterocycles. The van der Waals surface area contributed by atoms with Crippen LogP contribution < -0.4 is 9.47 Å². The maximum atomic E-state index is 13.5. The molecule has 0 aromatic heterocycles. The van der Waals surface area contributed by atoms with Gasteiger partial charge in [0.1, 0.15) is 12.4 Å². The highest BCUT2D eigenvalue weighted by molar-refractivity contribution is 8.18. The summed E-state index contributed by atoms with van der Waals surface area (Å²) in [6, 6.07) is 15.6. The van der Waals surface area contributed by atoms with Gasteiger partial charge in [-0.2, -0.15) is 0 Å². The van der Waals surface area contributed by atoms with E-state index >= 15 is 0 Å². The smallest absolute Gasteiger partial charge is 0.335 e. The van der Waals surface area contributed by atoms with Crippen LogP contribution in [0, 0.1) is 5.82 Å². The van der Waals surface area contributed by atoms with Crippen molar-refractivity contribution < 1.29 is 28.6 Å². The highest BCUT2D eigenvalue weighted by atomic mass is 35.5. The number of hydrogen-bond acceptors (Lipinski definition) is 6. The first kappa shape index (κ1) is 26.2. The molecule has 1 fully saturated rings. The second kappa shape index (κ2) is 11.5. The molecule has 0 radical (unpaired) electrons. The minimum absolute atomic E-state index is 0.0972. The summed E-state index contributed by atoms with van der Waals surface area (Å²) in [5.74, 6) is -0.977. The summed E-state index contributed by atoms with van der Waals surface area (Å²) < 4.78 is 25.1. The SMILES string of the molecule is CCOc1cc(C=C2SC(=Nc3cccc(C(=O)O)c3)N(C)C2=O)cc(Cl)c1OCc1cccc(F)c1. The van der Waals surface area contributed by atoms with Crippen molar-refractivity contribution in [1.29, 1.82) is 0 Å². The average Bonchev–Trinajstić information content (AvgIpc) is 3.11. The van der Waals surface area contributed by atoms with Crippen LogP contribution >= 0.6 is 23.4 Å². The molecule has 0 bridgehead atoms. The summed E-state index contributed by atoms with van der Waals surface area (Å²) in [4.78, 5) is 30.4. The Bertz CT molecular complexity index is 1430. The molecule has 37 heavy (non-hydrogen) atoms. The first-order valence-electron chi connectivity index (χ1n) is 11.2. The monoisotopic (exact) mass is 540 g/mol. The molecule has 1 aliphatic heterocycles. The van der Waals surface area contributed by atoms with Gasteiger partial charge in [-0.05, 0) is 78.4 Å². The Labute approximate surface area is 222 Å². The van der Waals surface area contributed by atoms with Crippen LogP contribution in [-0.2, 0) is 11.4 Å². The number of halogens is 2. The number of nitrogens with zero attached hydrogens (tertiary/aromatic N) is 2. The number of carboxylic acid groups (broad SMARTS) is 1. The molecule has 10 heteroatoms. The Morgan fingerprint density at radius 2 is 1.95 bits per heavy atom. The number of aromatic carboxylic acids is 1. The van der Waals surface area contributed by atoms with Gasteiger partial charge in [0.15, 0.2) is 16.7 Å². The molecule has 1 amide bonds. The summed E-state index contributed by atoms with van der Waals surface area (Å²) in [7, 11) is 1.60. The molecule has 0 unspecified atom stereocenters. The van der Waals surface area contributed by atoms with Crippen LogP contribution in [0.2, 0.25) is 5.02 Å². The van der Waals surface area contributed by atoms with Gasteiger partial charge in [0.05, 0.1) is 27.8 Å². The zero-order chi connectivity index (χ0) is 26.5. The quantitative estimate of drug-likeness (QED) is 0.333. The number of benzene rings is 3. The van der Waals surface area contributed by atoms with E-state index < -0.39 is 5.97 Å². The highest BCUT2D eigenvalue weighted by Crippen LogP contribution is 2.39. The molecule has 4 rings (SSSR count). The standard InChI is InChI=1S/C27H22ClFN2O5S/c1-3-35-22-12-17(11-21(28)24(22)36-15-16-6-4-8-19(29)10-16)13-23-25(32)31(2)27(37-23)30-20-9-5-7-18(14-20)26(33)34/h4-14H,3,15H2,1-2H3,(H,33,34). The molecule has 1 N–H and O–H groups in total. The maximum Gasteiger partial charge on any atom is 0.335 e. The van der Waals surface area contributed by atoms with Crippen molar-refractivity contribution >= 4 is 52.2 Å². The van der Waals surface area contributed by atoms with E-state index in [0.29, 0.717) is 45.0 Å². The van der Waals surface area contributed by atoms with Crippen molar-refractivity contribution in [2.45, 2.75) is 13.5 Å². The molecule has 190 valence electrons. The fraction of sp³-hybridized carbons (Fsp3) is 0.148. The minimum Gasteiger partial charge on any atom is -0.490 e. The average molecular weight is 541 g/mol. The molecule has 0 saturated carbocycles.